The van der Waals surface area contributed by atoms with Crippen LogP contribution in [0.25, 0.3) is 16.7 Å². The second-order valence-corrected chi connectivity index (χ2v) is 11.0. The van der Waals surface area contributed by atoms with E-state index in [1.807, 2.05) is 24.3 Å². The molecule has 1 heterocycles. The van der Waals surface area contributed by atoms with Gasteiger partial charge in [-0.05, 0) is 90.8 Å². The maximum absolute atomic E-state index is 13.0. The van der Waals surface area contributed by atoms with Crippen molar-refractivity contribution in [2.75, 3.05) is 12.4 Å². The fourth-order valence-corrected chi connectivity index (χ4v) is 4.86. The average molecular weight is 635 g/mol. The highest BCUT2D eigenvalue weighted by atomic mass is 35.5. The molecule has 11 heteroatoms. The monoisotopic (exact) mass is 633 g/mol. The first kappa shape index (κ1) is 30.3. The largest absolute Gasteiger partial charge is 0.493 e. The highest BCUT2D eigenvalue weighted by molar-refractivity contribution is 7.80. The van der Waals surface area contributed by atoms with Gasteiger partial charge in [0.25, 0.3) is 5.91 Å². The molecule has 1 aromatic heterocycles. The molecule has 0 saturated carbocycles. The van der Waals surface area contributed by atoms with E-state index in [0.717, 1.165) is 30.5 Å². The summed E-state index contributed by atoms with van der Waals surface area (Å²) in [5.74, 6) is 0.480. The normalized spacial score (nSPS) is 10.9. The molecule has 0 fully saturated rings. The molecule has 0 aliphatic rings. The predicted octanol–water partition coefficient (Wildman–Crippen LogP) is 7.78. The molecular formula is C32H29Cl2N5O3S. The summed E-state index contributed by atoms with van der Waals surface area (Å²) in [6.45, 7) is 2.50. The lowest BCUT2D eigenvalue weighted by atomic mass is 10.1. The third kappa shape index (κ3) is 7.62. The second kappa shape index (κ2) is 13.9. The van der Waals surface area contributed by atoms with E-state index in [1.165, 1.54) is 12.7 Å². The Kier molecular flexibility index (Phi) is 9.76. The minimum atomic E-state index is -0.425. The number of nitrogens with one attached hydrogen (secondary N) is 2. The van der Waals surface area contributed by atoms with E-state index in [0.29, 0.717) is 50.4 Å². The van der Waals surface area contributed by atoms with Gasteiger partial charge in [-0.2, -0.15) is 4.80 Å². The Balaban J connectivity index is 1.23. The Morgan fingerprint density at radius 1 is 0.907 bits per heavy atom. The van der Waals surface area contributed by atoms with Gasteiger partial charge in [-0.3, -0.25) is 10.1 Å². The summed E-state index contributed by atoms with van der Waals surface area (Å²) in [5.41, 5.74) is 5.16. The number of halogens is 2. The number of nitrogens with zero attached hydrogens (tertiary/aromatic N) is 3. The number of rotatable bonds is 10. The van der Waals surface area contributed by atoms with Crippen molar-refractivity contribution in [3.8, 4) is 17.2 Å². The van der Waals surface area contributed by atoms with Gasteiger partial charge in [-0.1, -0.05) is 60.8 Å². The molecule has 5 rings (SSSR count). The van der Waals surface area contributed by atoms with Crippen molar-refractivity contribution in [1.82, 2.24) is 20.3 Å². The van der Waals surface area contributed by atoms with Crippen LogP contribution in [-0.2, 0) is 13.0 Å². The molecule has 0 bridgehead atoms. The number of unbranched alkanes of at least 4 members (excludes halogenated alkanes) is 1. The van der Waals surface area contributed by atoms with Crippen LogP contribution in [0, 0.1) is 0 Å². The smallest absolute Gasteiger partial charge is 0.257 e. The Labute approximate surface area is 264 Å². The molecular weight excluding hydrogens is 605 g/mol. The van der Waals surface area contributed by atoms with Crippen molar-refractivity contribution in [1.29, 1.82) is 0 Å². The van der Waals surface area contributed by atoms with Crippen LogP contribution in [0.3, 0.4) is 0 Å². The number of methoxy groups -OCH3 is 1. The molecule has 4 aromatic carbocycles. The number of ether oxygens (including phenoxy) is 2. The van der Waals surface area contributed by atoms with Crippen LogP contribution < -0.4 is 20.1 Å². The number of aryl methyl sites for hydroxylation is 1. The molecule has 2 N–H and O–H groups in total. The molecule has 0 spiro atoms. The maximum atomic E-state index is 13.0. The van der Waals surface area contributed by atoms with E-state index in [4.69, 9.17) is 44.9 Å². The summed E-state index contributed by atoms with van der Waals surface area (Å²) < 4.78 is 11.3. The lowest BCUT2D eigenvalue weighted by Crippen LogP contribution is -2.34. The van der Waals surface area contributed by atoms with E-state index < -0.39 is 5.91 Å². The third-order valence-electron chi connectivity index (χ3n) is 6.66. The van der Waals surface area contributed by atoms with Gasteiger partial charge in [0.2, 0.25) is 0 Å². The number of benzene rings is 4. The van der Waals surface area contributed by atoms with Crippen LogP contribution in [0.2, 0.25) is 10.0 Å². The number of hydrogen-bond donors (Lipinski definition) is 2. The molecule has 0 saturated heterocycles. The number of hydrogen-bond acceptors (Lipinski definition) is 6. The summed E-state index contributed by atoms with van der Waals surface area (Å²) in [7, 11) is 1.51. The molecule has 0 atom stereocenters. The van der Waals surface area contributed by atoms with Crippen molar-refractivity contribution >= 4 is 63.2 Å². The van der Waals surface area contributed by atoms with Crippen LogP contribution in [0.4, 0.5) is 5.69 Å². The minimum Gasteiger partial charge on any atom is -0.493 e. The van der Waals surface area contributed by atoms with E-state index in [2.05, 4.69) is 39.9 Å². The van der Waals surface area contributed by atoms with E-state index in [1.54, 1.807) is 47.3 Å². The number of carbonyl (C=O) groups excluding carboxylic acids is 1. The first-order valence-electron chi connectivity index (χ1n) is 13.7. The lowest BCUT2D eigenvalue weighted by molar-refractivity contribution is 0.0977. The summed E-state index contributed by atoms with van der Waals surface area (Å²) in [4.78, 5) is 14.5. The summed E-state index contributed by atoms with van der Waals surface area (Å²) in [5, 5.41) is 15.9. The third-order valence-corrected chi connectivity index (χ3v) is 7.43. The van der Waals surface area contributed by atoms with Gasteiger partial charge in [0.05, 0.1) is 23.5 Å². The number of fused-ring (bicyclic) bond motifs is 1. The maximum Gasteiger partial charge on any atom is 0.257 e. The fraction of sp³-hybridized carbons (Fsp3) is 0.188. The van der Waals surface area contributed by atoms with Gasteiger partial charge in [-0.25, -0.2) is 0 Å². The highest BCUT2D eigenvalue weighted by Gasteiger charge is 2.15. The van der Waals surface area contributed by atoms with E-state index >= 15 is 0 Å². The first-order chi connectivity index (χ1) is 20.8. The zero-order chi connectivity index (χ0) is 30.3. The lowest BCUT2D eigenvalue weighted by Gasteiger charge is -2.13. The Morgan fingerprint density at radius 2 is 1.60 bits per heavy atom. The Hall–Kier alpha value is -4.18. The minimum absolute atomic E-state index is 0.0725. The molecule has 5 aromatic rings. The van der Waals surface area contributed by atoms with Gasteiger partial charge in [0, 0.05) is 10.6 Å². The van der Waals surface area contributed by atoms with Gasteiger partial charge < -0.3 is 14.8 Å². The topological polar surface area (TPSA) is 90.3 Å². The SMILES string of the molecule is CCCCc1ccc(-n2nc3cc(Cl)c(NC(=S)NC(=O)c4ccc(OCc5ccc(Cl)cc5)c(OC)c4)cc3n2)cc1. The van der Waals surface area contributed by atoms with Crippen molar-refractivity contribution in [3.63, 3.8) is 0 Å². The van der Waals surface area contributed by atoms with Crippen LogP contribution >= 0.6 is 35.4 Å². The van der Waals surface area contributed by atoms with E-state index in [9.17, 15) is 4.79 Å². The van der Waals surface area contributed by atoms with Crippen LogP contribution in [0.5, 0.6) is 11.5 Å². The predicted molar refractivity (Wildman–Crippen MR) is 175 cm³/mol. The molecule has 220 valence electrons. The van der Waals surface area contributed by atoms with Crippen LogP contribution in [0.1, 0.15) is 41.3 Å². The number of amides is 1. The van der Waals surface area contributed by atoms with Crippen molar-refractivity contribution in [2.24, 2.45) is 0 Å². The van der Waals surface area contributed by atoms with Crippen LogP contribution in [0.15, 0.2) is 78.9 Å². The standard InChI is InChI=1S/C32H29Cl2N5O3S/c1-3-4-5-20-8-13-24(14-9-20)39-37-27-17-25(34)26(18-28(27)38-39)35-32(43)36-31(40)22-10-15-29(30(16-22)41-2)42-19-21-6-11-23(33)12-7-21/h6-18H,3-5,19H2,1-2H3,(H2,35,36,40,43). The van der Waals surface area contributed by atoms with Gasteiger partial charge in [0.1, 0.15) is 17.6 Å². The molecule has 1 amide bonds. The zero-order valence-electron chi connectivity index (χ0n) is 23.6. The van der Waals surface area contributed by atoms with Crippen molar-refractivity contribution < 1.29 is 14.3 Å². The number of anilines is 1. The highest BCUT2D eigenvalue weighted by Crippen LogP contribution is 2.30. The molecule has 0 aliphatic heterocycles. The Morgan fingerprint density at radius 3 is 2.30 bits per heavy atom. The second-order valence-electron chi connectivity index (χ2n) is 9.77. The molecule has 0 unspecified atom stereocenters. The summed E-state index contributed by atoms with van der Waals surface area (Å²) >= 11 is 17.9. The Bertz CT molecular complexity index is 1760. The zero-order valence-corrected chi connectivity index (χ0v) is 25.9. The van der Waals surface area contributed by atoms with Crippen molar-refractivity contribution in [3.05, 3.63) is 106 Å². The molecule has 0 aliphatic carbocycles. The van der Waals surface area contributed by atoms with E-state index in [-0.39, 0.29) is 5.11 Å². The summed E-state index contributed by atoms with van der Waals surface area (Å²) in [6.07, 6.45) is 3.35. The first-order valence-corrected chi connectivity index (χ1v) is 14.8. The summed E-state index contributed by atoms with van der Waals surface area (Å²) in [6, 6.07) is 23.9. The molecule has 43 heavy (non-hydrogen) atoms. The van der Waals surface area contributed by atoms with Crippen LogP contribution in [-0.4, -0.2) is 33.1 Å². The average Bonchev–Trinajstić information content (AvgIpc) is 3.42. The quantitative estimate of drug-likeness (QED) is 0.152. The van der Waals surface area contributed by atoms with Gasteiger partial charge in [0.15, 0.2) is 16.6 Å². The number of aromatic nitrogens is 3. The number of thiocarbonyl (C=S) groups is 1. The molecule has 8 nitrogen and oxygen atoms in total. The van der Waals surface area contributed by atoms with Gasteiger partial charge in [-0.15, -0.1) is 10.2 Å². The number of carbonyl (C=O) groups is 1. The molecule has 0 radical (unpaired) electrons. The fourth-order valence-electron chi connectivity index (χ4n) is 4.32. The van der Waals surface area contributed by atoms with Crippen molar-refractivity contribution in [2.45, 2.75) is 32.8 Å². The van der Waals surface area contributed by atoms with Gasteiger partial charge >= 0.3 is 0 Å².